The predicted molar refractivity (Wildman–Crippen MR) is 98.8 cm³/mol. The molecule has 0 aromatic heterocycles. The van der Waals surface area contributed by atoms with Gasteiger partial charge in [0, 0.05) is 12.5 Å². The lowest BCUT2D eigenvalue weighted by molar-refractivity contribution is -0.383. The quantitative estimate of drug-likeness (QED) is 0.379. The number of anilines is 1. The van der Waals surface area contributed by atoms with Crippen molar-refractivity contribution in [3.63, 3.8) is 0 Å². The average Bonchev–Trinajstić information content (AvgIpc) is 2.64. The number of esters is 1. The van der Waals surface area contributed by atoms with E-state index in [4.69, 9.17) is 9.88 Å². The van der Waals surface area contributed by atoms with Gasteiger partial charge in [0.15, 0.2) is 6.61 Å². The van der Waals surface area contributed by atoms with Crippen LogP contribution in [0.4, 0.5) is 11.4 Å². The zero-order chi connectivity index (χ0) is 20.7. The molecule has 3 N–H and O–H groups in total. The van der Waals surface area contributed by atoms with Gasteiger partial charge in [-0.05, 0) is 30.2 Å². The number of hydrogen-bond acceptors (Lipinski definition) is 7. The van der Waals surface area contributed by atoms with E-state index in [0.29, 0.717) is 5.56 Å². The van der Waals surface area contributed by atoms with Crippen molar-refractivity contribution in [1.29, 1.82) is 0 Å². The second-order valence-electron chi connectivity index (χ2n) is 5.67. The number of benzene rings is 2. The Morgan fingerprint density at radius 2 is 1.75 bits per heavy atom. The van der Waals surface area contributed by atoms with Gasteiger partial charge in [0.1, 0.15) is 5.69 Å². The maximum absolute atomic E-state index is 11.8. The van der Waals surface area contributed by atoms with E-state index in [1.54, 1.807) is 0 Å². The zero-order valence-electron chi connectivity index (χ0n) is 14.5. The average molecular weight is 407 g/mol. The number of nitrogens with zero attached hydrogens (tertiary/aromatic N) is 1. The van der Waals surface area contributed by atoms with Crippen LogP contribution in [0.25, 0.3) is 0 Å². The van der Waals surface area contributed by atoms with Crippen LogP contribution >= 0.6 is 0 Å². The molecule has 0 radical (unpaired) electrons. The van der Waals surface area contributed by atoms with Crippen molar-refractivity contribution in [3.05, 3.63) is 64.2 Å². The van der Waals surface area contributed by atoms with Gasteiger partial charge >= 0.3 is 5.97 Å². The predicted octanol–water partition coefficient (Wildman–Crippen LogP) is 1.36. The third kappa shape index (κ3) is 6.14. The highest BCUT2D eigenvalue weighted by Crippen LogP contribution is 2.22. The molecule has 0 saturated carbocycles. The molecule has 11 heteroatoms. The van der Waals surface area contributed by atoms with Crippen molar-refractivity contribution >= 4 is 33.3 Å². The van der Waals surface area contributed by atoms with E-state index >= 15 is 0 Å². The van der Waals surface area contributed by atoms with Crippen LogP contribution in [0.3, 0.4) is 0 Å². The maximum atomic E-state index is 11.8. The first-order chi connectivity index (χ1) is 13.2. The number of rotatable bonds is 8. The Hall–Kier alpha value is -3.31. The number of hydrogen-bond donors (Lipinski definition) is 2. The van der Waals surface area contributed by atoms with Gasteiger partial charge in [-0.3, -0.25) is 19.7 Å². The molecule has 0 aliphatic heterocycles. The molecule has 1 amide bonds. The van der Waals surface area contributed by atoms with E-state index in [9.17, 15) is 28.1 Å². The number of ether oxygens (including phenoxy) is 1. The van der Waals surface area contributed by atoms with Crippen LogP contribution in [0.15, 0.2) is 53.4 Å². The van der Waals surface area contributed by atoms with Crippen molar-refractivity contribution in [2.75, 3.05) is 11.9 Å². The monoisotopic (exact) mass is 407 g/mol. The summed E-state index contributed by atoms with van der Waals surface area (Å²) in [5, 5.41) is 18.2. The number of nitro benzene ring substituents is 1. The number of para-hydroxylation sites is 2. The van der Waals surface area contributed by atoms with Gasteiger partial charge in [0.25, 0.3) is 11.6 Å². The van der Waals surface area contributed by atoms with Gasteiger partial charge in [-0.25, -0.2) is 13.6 Å². The minimum Gasteiger partial charge on any atom is -0.456 e. The topological polar surface area (TPSA) is 159 Å². The number of sulfonamides is 1. The Labute approximate surface area is 160 Å². The molecule has 0 heterocycles. The summed E-state index contributed by atoms with van der Waals surface area (Å²) in [4.78, 5) is 33.8. The Bertz CT molecular complexity index is 988. The highest BCUT2D eigenvalue weighted by atomic mass is 32.2. The first kappa shape index (κ1) is 21.0. The summed E-state index contributed by atoms with van der Waals surface area (Å²) in [7, 11) is -3.78. The first-order valence-electron chi connectivity index (χ1n) is 7.97. The van der Waals surface area contributed by atoms with E-state index in [1.165, 1.54) is 48.5 Å². The minimum atomic E-state index is -3.78. The standard InChI is InChI=1S/C17H17N3O7S/c18-28(25,26)13-8-5-12(6-9-13)7-10-17(22)27-11-16(21)19-14-3-1-2-4-15(14)20(23)24/h1-6,8-9H,7,10-11H2,(H,19,21)(H2,18,25,26). The van der Waals surface area contributed by atoms with Gasteiger partial charge in [-0.2, -0.15) is 0 Å². The number of primary sulfonamides is 1. The Morgan fingerprint density at radius 1 is 1.11 bits per heavy atom. The number of carbonyl (C=O) groups is 2. The van der Waals surface area contributed by atoms with E-state index in [0.717, 1.165) is 0 Å². The highest BCUT2D eigenvalue weighted by Gasteiger charge is 2.16. The molecule has 0 bridgehead atoms. The number of carbonyl (C=O) groups excluding carboxylic acids is 2. The number of nitrogens with one attached hydrogen (secondary N) is 1. The van der Waals surface area contributed by atoms with Crippen molar-refractivity contribution in [2.24, 2.45) is 5.14 Å². The maximum Gasteiger partial charge on any atom is 0.306 e. The van der Waals surface area contributed by atoms with E-state index < -0.39 is 33.4 Å². The fraction of sp³-hybridized carbons (Fsp3) is 0.176. The molecule has 0 aliphatic rings. The normalized spacial score (nSPS) is 10.9. The molecule has 0 fully saturated rings. The van der Waals surface area contributed by atoms with E-state index in [-0.39, 0.29) is 29.1 Å². The summed E-state index contributed by atoms with van der Waals surface area (Å²) in [6.07, 6.45) is 0.239. The van der Waals surface area contributed by atoms with Crippen molar-refractivity contribution in [1.82, 2.24) is 0 Å². The number of amides is 1. The van der Waals surface area contributed by atoms with Crippen LogP contribution in [0, 0.1) is 10.1 Å². The SMILES string of the molecule is NS(=O)(=O)c1ccc(CCC(=O)OCC(=O)Nc2ccccc2[N+](=O)[O-])cc1. The molecular weight excluding hydrogens is 390 g/mol. The van der Waals surface area contributed by atoms with Gasteiger partial charge < -0.3 is 10.1 Å². The highest BCUT2D eigenvalue weighted by molar-refractivity contribution is 7.89. The van der Waals surface area contributed by atoms with Gasteiger partial charge in [-0.1, -0.05) is 24.3 Å². The van der Waals surface area contributed by atoms with Crippen LogP contribution in [-0.4, -0.2) is 31.8 Å². The summed E-state index contributed by atoms with van der Waals surface area (Å²) in [5.74, 6) is -1.35. The second-order valence-corrected chi connectivity index (χ2v) is 7.23. The van der Waals surface area contributed by atoms with Gasteiger partial charge in [-0.15, -0.1) is 0 Å². The summed E-state index contributed by atoms with van der Waals surface area (Å²) in [6, 6.07) is 11.3. The largest absolute Gasteiger partial charge is 0.456 e. The smallest absolute Gasteiger partial charge is 0.306 e. The lowest BCUT2D eigenvalue weighted by atomic mass is 10.1. The van der Waals surface area contributed by atoms with Crippen molar-refractivity contribution < 1.29 is 27.7 Å². The number of nitrogens with two attached hydrogens (primary N) is 1. The van der Waals surface area contributed by atoms with Crippen LogP contribution in [0.2, 0.25) is 0 Å². The number of aryl methyl sites for hydroxylation is 1. The van der Waals surface area contributed by atoms with E-state index in [2.05, 4.69) is 5.32 Å². The lowest BCUT2D eigenvalue weighted by Crippen LogP contribution is -2.21. The van der Waals surface area contributed by atoms with Crippen LogP contribution in [0.1, 0.15) is 12.0 Å². The first-order valence-corrected chi connectivity index (χ1v) is 9.52. The molecule has 0 atom stereocenters. The van der Waals surface area contributed by atoms with Crippen LogP contribution in [-0.2, 0) is 30.8 Å². The molecule has 0 aliphatic carbocycles. The Balaban J connectivity index is 1.81. The fourth-order valence-electron chi connectivity index (χ4n) is 2.24. The Kier molecular flexibility index (Phi) is 6.79. The summed E-state index contributed by atoms with van der Waals surface area (Å²) >= 11 is 0. The fourth-order valence-corrected chi connectivity index (χ4v) is 2.75. The zero-order valence-corrected chi connectivity index (χ0v) is 15.3. The summed E-state index contributed by atoms with van der Waals surface area (Å²) < 4.78 is 27.2. The lowest BCUT2D eigenvalue weighted by Gasteiger charge is -2.07. The number of nitro groups is 1. The summed E-state index contributed by atoms with van der Waals surface area (Å²) in [6.45, 7) is -0.588. The van der Waals surface area contributed by atoms with Crippen molar-refractivity contribution in [2.45, 2.75) is 17.7 Å². The molecule has 148 valence electrons. The Morgan fingerprint density at radius 3 is 2.36 bits per heavy atom. The van der Waals surface area contributed by atoms with Crippen LogP contribution in [0.5, 0.6) is 0 Å². The molecule has 0 spiro atoms. The molecule has 2 aromatic rings. The van der Waals surface area contributed by atoms with Crippen LogP contribution < -0.4 is 10.5 Å². The second kappa shape index (κ2) is 9.06. The third-order valence-corrected chi connectivity index (χ3v) is 4.54. The molecular formula is C17H17N3O7S. The molecule has 0 saturated heterocycles. The third-order valence-electron chi connectivity index (χ3n) is 3.61. The molecule has 2 aromatic carbocycles. The van der Waals surface area contributed by atoms with Gasteiger partial charge in [0.2, 0.25) is 10.0 Å². The molecule has 10 nitrogen and oxygen atoms in total. The summed E-state index contributed by atoms with van der Waals surface area (Å²) in [5.41, 5.74) is 0.419. The molecule has 0 unspecified atom stereocenters. The molecule has 2 rings (SSSR count). The van der Waals surface area contributed by atoms with E-state index in [1.807, 2.05) is 0 Å². The van der Waals surface area contributed by atoms with Gasteiger partial charge in [0.05, 0.1) is 9.82 Å². The molecule has 28 heavy (non-hydrogen) atoms. The minimum absolute atomic E-state index is 0.00324. The van der Waals surface area contributed by atoms with Crippen molar-refractivity contribution in [3.8, 4) is 0 Å².